The maximum Gasteiger partial charge on any atom is 0.306 e. The van der Waals surface area contributed by atoms with Crippen molar-refractivity contribution in [2.75, 3.05) is 13.2 Å². The number of hydrogen-bond acceptors (Lipinski definition) is 6. The van der Waals surface area contributed by atoms with Gasteiger partial charge in [0.2, 0.25) is 0 Å². The monoisotopic (exact) mass is 821 g/mol. The normalized spacial score (nSPS) is 12.6. The van der Waals surface area contributed by atoms with E-state index in [1.54, 1.807) is 0 Å². The number of unbranched alkanes of at least 4 members (excludes halogenated alkanes) is 27. The van der Waals surface area contributed by atoms with Gasteiger partial charge in [-0.25, -0.2) is 0 Å². The Balaban J connectivity index is 4.29. The van der Waals surface area contributed by atoms with Crippen LogP contribution in [0, 0.1) is 17.8 Å². The predicted octanol–water partition coefficient (Wildman–Crippen LogP) is 16.4. The van der Waals surface area contributed by atoms with Crippen LogP contribution in [0.1, 0.15) is 279 Å². The zero-order valence-electron chi connectivity index (χ0n) is 39.8. The topological polar surface area (TPSA) is 78.9 Å². The van der Waals surface area contributed by atoms with E-state index < -0.39 is 6.10 Å². The third kappa shape index (κ3) is 44.0. The van der Waals surface area contributed by atoms with Gasteiger partial charge in [0.1, 0.15) is 13.2 Å². The highest BCUT2D eigenvalue weighted by Crippen LogP contribution is 2.18. The summed E-state index contributed by atoms with van der Waals surface area (Å²) in [6.45, 7) is 13.7. The number of rotatable bonds is 45. The van der Waals surface area contributed by atoms with Gasteiger partial charge < -0.3 is 14.2 Å². The van der Waals surface area contributed by atoms with Crippen molar-refractivity contribution >= 4 is 17.9 Å². The second kappa shape index (κ2) is 43.5. The van der Waals surface area contributed by atoms with Crippen LogP contribution < -0.4 is 0 Å². The molecule has 0 spiro atoms. The van der Waals surface area contributed by atoms with E-state index in [9.17, 15) is 14.4 Å². The van der Waals surface area contributed by atoms with Gasteiger partial charge in [-0.15, -0.1) is 0 Å². The molecule has 0 aliphatic carbocycles. The van der Waals surface area contributed by atoms with E-state index >= 15 is 0 Å². The molecule has 6 nitrogen and oxygen atoms in total. The minimum absolute atomic E-state index is 0.0656. The van der Waals surface area contributed by atoms with Crippen LogP contribution in [0.5, 0.6) is 0 Å². The van der Waals surface area contributed by atoms with E-state index in [4.69, 9.17) is 14.2 Å². The van der Waals surface area contributed by atoms with Crippen LogP contribution in [0.4, 0.5) is 0 Å². The van der Waals surface area contributed by atoms with Crippen molar-refractivity contribution in [3.63, 3.8) is 0 Å². The average Bonchev–Trinajstić information content (AvgIpc) is 3.19. The van der Waals surface area contributed by atoms with Gasteiger partial charge in [-0.3, -0.25) is 14.4 Å². The zero-order valence-corrected chi connectivity index (χ0v) is 39.8. The lowest BCUT2D eigenvalue weighted by Crippen LogP contribution is -2.30. The zero-order chi connectivity index (χ0) is 42.7. The highest BCUT2D eigenvalue weighted by Gasteiger charge is 2.19. The molecule has 6 heteroatoms. The highest BCUT2D eigenvalue weighted by molar-refractivity contribution is 5.71. The van der Waals surface area contributed by atoms with Crippen molar-refractivity contribution in [2.45, 2.75) is 285 Å². The standard InChI is InChI=1S/C52H100O6/c1-7-48(6)40-34-28-22-16-12-10-8-9-11-13-17-24-31-37-43-52(55)58-49(45-57-51(54)42-36-30-25-19-21-27-33-39-47(4)5)44-56-50(53)41-35-29-23-18-14-15-20-26-32-38-46(2)3/h46-49H,7-45H2,1-6H3/t48?,49-/m0/s1. The van der Waals surface area contributed by atoms with Crippen molar-refractivity contribution in [2.24, 2.45) is 17.8 Å². The first-order chi connectivity index (χ1) is 28.1. The Labute approximate surface area is 361 Å². The molecule has 0 radical (unpaired) electrons. The van der Waals surface area contributed by atoms with Crippen molar-refractivity contribution in [3.05, 3.63) is 0 Å². The molecule has 0 aromatic carbocycles. The molecule has 0 saturated heterocycles. The fraction of sp³-hybridized carbons (Fsp3) is 0.942. The summed E-state index contributed by atoms with van der Waals surface area (Å²) >= 11 is 0. The van der Waals surface area contributed by atoms with Crippen molar-refractivity contribution in [3.8, 4) is 0 Å². The molecule has 344 valence electrons. The minimum Gasteiger partial charge on any atom is -0.462 e. The lowest BCUT2D eigenvalue weighted by Gasteiger charge is -2.18. The van der Waals surface area contributed by atoms with E-state index in [1.165, 1.54) is 161 Å². The summed E-state index contributed by atoms with van der Waals surface area (Å²) in [6.07, 6.45) is 42.4. The third-order valence-corrected chi connectivity index (χ3v) is 12.0. The number of carbonyl (C=O) groups excluding carboxylic acids is 3. The molecule has 0 aliphatic heterocycles. The smallest absolute Gasteiger partial charge is 0.306 e. The van der Waals surface area contributed by atoms with E-state index in [0.29, 0.717) is 19.3 Å². The van der Waals surface area contributed by atoms with Crippen LogP contribution in [0.25, 0.3) is 0 Å². The number of esters is 3. The minimum atomic E-state index is -0.763. The van der Waals surface area contributed by atoms with E-state index in [-0.39, 0.29) is 31.1 Å². The van der Waals surface area contributed by atoms with Gasteiger partial charge in [0.15, 0.2) is 6.10 Å². The fourth-order valence-electron chi connectivity index (χ4n) is 7.73. The maximum absolute atomic E-state index is 12.8. The molecule has 0 aliphatic rings. The van der Waals surface area contributed by atoms with Gasteiger partial charge >= 0.3 is 17.9 Å². The largest absolute Gasteiger partial charge is 0.462 e. The molecule has 2 atom stereocenters. The Morgan fingerprint density at radius 1 is 0.345 bits per heavy atom. The Hall–Kier alpha value is -1.59. The summed E-state index contributed by atoms with van der Waals surface area (Å²) in [4.78, 5) is 37.9. The summed E-state index contributed by atoms with van der Waals surface area (Å²) in [6, 6.07) is 0. The van der Waals surface area contributed by atoms with Gasteiger partial charge in [-0.2, -0.15) is 0 Å². The average molecular weight is 821 g/mol. The second-order valence-corrected chi connectivity index (χ2v) is 19.0. The van der Waals surface area contributed by atoms with Crippen molar-refractivity contribution < 1.29 is 28.6 Å². The third-order valence-electron chi connectivity index (χ3n) is 12.0. The molecular formula is C52H100O6. The Bertz CT molecular complexity index is 900. The van der Waals surface area contributed by atoms with Crippen LogP contribution >= 0.6 is 0 Å². The molecular weight excluding hydrogens is 721 g/mol. The van der Waals surface area contributed by atoms with E-state index in [2.05, 4.69) is 41.5 Å². The molecule has 0 N–H and O–H groups in total. The number of hydrogen-bond donors (Lipinski definition) is 0. The van der Waals surface area contributed by atoms with Crippen LogP contribution in [0.15, 0.2) is 0 Å². The second-order valence-electron chi connectivity index (χ2n) is 19.0. The SMILES string of the molecule is CCC(C)CCCCCCCCCCCCCCCCC(=O)O[C@@H](COC(=O)CCCCCCCCCCCC(C)C)COC(=O)CCCCCCCCCC(C)C. The number of ether oxygens (including phenoxy) is 3. The molecule has 0 aromatic rings. The number of carbonyl (C=O) groups is 3. The fourth-order valence-corrected chi connectivity index (χ4v) is 7.73. The highest BCUT2D eigenvalue weighted by atomic mass is 16.6. The molecule has 0 rings (SSSR count). The van der Waals surface area contributed by atoms with Crippen LogP contribution in [0.3, 0.4) is 0 Å². The van der Waals surface area contributed by atoms with Crippen molar-refractivity contribution in [1.82, 2.24) is 0 Å². The van der Waals surface area contributed by atoms with Crippen molar-refractivity contribution in [1.29, 1.82) is 0 Å². The molecule has 0 aromatic heterocycles. The quantitative estimate of drug-likeness (QED) is 0.0346. The summed E-state index contributed by atoms with van der Waals surface area (Å²) in [5.74, 6) is 1.63. The lowest BCUT2D eigenvalue weighted by atomic mass is 9.99. The lowest BCUT2D eigenvalue weighted by molar-refractivity contribution is -0.167. The molecule has 58 heavy (non-hydrogen) atoms. The molecule has 0 heterocycles. The van der Waals surface area contributed by atoms with Gasteiger partial charge in [-0.05, 0) is 37.0 Å². The molecule has 0 saturated carbocycles. The van der Waals surface area contributed by atoms with Gasteiger partial charge in [0.25, 0.3) is 0 Å². The van der Waals surface area contributed by atoms with E-state index in [1.807, 2.05) is 0 Å². The molecule has 1 unspecified atom stereocenters. The van der Waals surface area contributed by atoms with Gasteiger partial charge in [-0.1, -0.05) is 241 Å². The van der Waals surface area contributed by atoms with Gasteiger partial charge in [0, 0.05) is 19.3 Å². The Morgan fingerprint density at radius 3 is 0.897 bits per heavy atom. The van der Waals surface area contributed by atoms with E-state index in [0.717, 1.165) is 75.5 Å². The van der Waals surface area contributed by atoms with Gasteiger partial charge in [0.05, 0.1) is 0 Å². The Kier molecular flexibility index (Phi) is 42.3. The van der Waals surface area contributed by atoms with Crippen LogP contribution in [-0.4, -0.2) is 37.2 Å². The summed E-state index contributed by atoms with van der Waals surface area (Å²) in [5.41, 5.74) is 0. The van der Waals surface area contributed by atoms with Crippen LogP contribution in [0.2, 0.25) is 0 Å². The van der Waals surface area contributed by atoms with Crippen LogP contribution in [-0.2, 0) is 28.6 Å². The molecule has 0 fully saturated rings. The first-order valence-electron chi connectivity index (χ1n) is 25.6. The molecule has 0 amide bonds. The first-order valence-corrected chi connectivity index (χ1v) is 25.6. The summed E-state index contributed by atoms with van der Waals surface area (Å²) in [7, 11) is 0. The Morgan fingerprint density at radius 2 is 0.603 bits per heavy atom. The first kappa shape index (κ1) is 56.4. The predicted molar refractivity (Wildman–Crippen MR) is 247 cm³/mol. The summed E-state index contributed by atoms with van der Waals surface area (Å²) < 4.78 is 16.8. The molecule has 0 bridgehead atoms. The summed E-state index contributed by atoms with van der Waals surface area (Å²) in [5, 5.41) is 0. The maximum atomic E-state index is 12.8.